The first-order valence-corrected chi connectivity index (χ1v) is 5.72. The van der Waals surface area contributed by atoms with Crippen molar-refractivity contribution in [3.05, 3.63) is 0 Å². The third-order valence-electron chi connectivity index (χ3n) is 3.38. The Labute approximate surface area is 77.7 Å². The van der Waals surface area contributed by atoms with E-state index in [2.05, 4.69) is 20.8 Å². The summed E-state index contributed by atoms with van der Waals surface area (Å²) in [5.74, 6) is 3.06. The van der Waals surface area contributed by atoms with E-state index in [9.17, 15) is 0 Å². The standard InChI is InChI=1S/C12H24/c1-4-11-7-8-12(9-11)6-5-10(2)3/h10-12H,4-9H2,1-3H3. The van der Waals surface area contributed by atoms with Gasteiger partial charge in [0, 0.05) is 0 Å². The van der Waals surface area contributed by atoms with Crippen LogP contribution in [0.4, 0.5) is 0 Å². The van der Waals surface area contributed by atoms with Gasteiger partial charge in [-0.1, -0.05) is 52.9 Å². The lowest BCUT2D eigenvalue weighted by atomic mass is 9.95. The van der Waals surface area contributed by atoms with Crippen LogP contribution in [0.15, 0.2) is 0 Å². The van der Waals surface area contributed by atoms with Crippen molar-refractivity contribution in [3.8, 4) is 0 Å². The molecule has 1 fully saturated rings. The zero-order valence-corrected chi connectivity index (χ0v) is 8.97. The van der Waals surface area contributed by atoms with E-state index in [1.807, 2.05) is 0 Å². The molecule has 0 heterocycles. The second-order valence-corrected chi connectivity index (χ2v) is 4.92. The lowest BCUT2D eigenvalue weighted by molar-refractivity contribution is 0.412. The fourth-order valence-electron chi connectivity index (χ4n) is 2.38. The van der Waals surface area contributed by atoms with Crippen molar-refractivity contribution >= 4 is 0 Å². The Morgan fingerprint density at radius 1 is 1.17 bits per heavy atom. The van der Waals surface area contributed by atoms with Crippen LogP contribution < -0.4 is 0 Å². The largest absolute Gasteiger partial charge is 0.0651 e. The molecule has 12 heavy (non-hydrogen) atoms. The van der Waals surface area contributed by atoms with Gasteiger partial charge in [-0.2, -0.15) is 0 Å². The normalized spacial score (nSPS) is 30.0. The van der Waals surface area contributed by atoms with Crippen molar-refractivity contribution in [3.63, 3.8) is 0 Å². The molecular formula is C12H24. The maximum atomic E-state index is 2.34. The molecule has 0 aromatic rings. The molecule has 0 spiro atoms. The summed E-state index contributed by atoms with van der Waals surface area (Å²) in [7, 11) is 0. The molecule has 0 aliphatic heterocycles. The van der Waals surface area contributed by atoms with E-state index in [0.29, 0.717) is 0 Å². The molecule has 2 atom stereocenters. The summed E-state index contributed by atoms with van der Waals surface area (Å²) in [4.78, 5) is 0. The lowest BCUT2D eigenvalue weighted by Crippen LogP contribution is -1.98. The Hall–Kier alpha value is 0. The smallest absolute Gasteiger partial charge is 0.0411 e. The topological polar surface area (TPSA) is 0 Å². The zero-order chi connectivity index (χ0) is 8.97. The number of hydrogen-bond acceptors (Lipinski definition) is 0. The maximum Gasteiger partial charge on any atom is -0.0411 e. The van der Waals surface area contributed by atoms with Crippen molar-refractivity contribution in [1.29, 1.82) is 0 Å². The first-order valence-electron chi connectivity index (χ1n) is 5.72. The van der Waals surface area contributed by atoms with Crippen LogP contribution in [0.5, 0.6) is 0 Å². The molecule has 0 nitrogen and oxygen atoms in total. The Morgan fingerprint density at radius 2 is 1.83 bits per heavy atom. The molecule has 0 aromatic carbocycles. The van der Waals surface area contributed by atoms with Gasteiger partial charge in [0.1, 0.15) is 0 Å². The van der Waals surface area contributed by atoms with Crippen molar-refractivity contribution in [2.24, 2.45) is 17.8 Å². The highest BCUT2D eigenvalue weighted by Crippen LogP contribution is 2.35. The molecule has 0 bridgehead atoms. The van der Waals surface area contributed by atoms with E-state index in [1.165, 1.54) is 38.5 Å². The average Bonchev–Trinajstić information content (AvgIpc) is 2.48. The van der Waals surface area contributed by atoms with Crippen molar-refractivity contribution in [1.82, 2.24) is 0 Å². The summed E-state index contributed by atoms with van der Waals surface area (Å²) in [6, 6.07) is 0. The highest BCUT2D eigenvalue weighted by molar-refractivity contribution is 4.74. The highest BCUT2D eigenvalue weighted by atomic mass is 14.3. The van der Waals surface area contributed by atoms with E-state index in [0.717, 1.165) is 17.8 Å². The van der Waals surface area contributed by atoms with Gasteiger partial charge in [0.05, 0.1) is 0 Å². The van der Waals surface area contributed by atoms with Gasteiger partial charge in [0.25, 0.3) is 0 Å². The van der Waals surface area contributed by atoms with Crippen molar-refractivity contribution in [2.75, 3.05) is 0 Å². The van der Waals surface area contributed by atoms with Gasteiger partial charge in [0.2, 0.25) is 0 Å². The predicted molar refractivity (Wildman–Crippen MR) is 55.2 cm³/mol. The van der Waals surface area contributed by atoms with Crippen LogP contribution in [0.25, 0.3) is 0 Å². The molecule has 2 unspecified atom stereocenters. The van der Waals surface area contributed by atoms with Crippen LogP contribution in [0, 0.1) is 17.8 Å². The zero-order valence-electron chi connectivity index (χ0n) is 8.97. The summed E-state index contributed by atoms with van der Waals surface area (Å²) < 4.78 is 0. The van der Waals surface area contributed by atoms with E-state index in [1.54, 1.807) is 0 Å². The van der Waals surface area contributed by atoms with Gasteiger partial charge in [-0.3, -0.25) is 0 Å². The summed E-state index contributed by atoms with van der Waals surface area (Å²) >= 11 is 0. The Morgan fingerprint density at radius 3 is 2.33 bits per heavy atom. The Kier molecular flexibility index (Phi) is 4.11. The SMILES string of the molecule is CCC1CCC(CCC(C)C)C1. The molecule has 1 saturated carbocycles. The minimum Gasteiger partial charge on any atom is -0.0651 e. The first-order chi connectivity index (χ1) is 5.72. The average molecular weight is 168 g/mol. The Bertz CT molecular complexity index is 115. The van der Waals surface area contributed by atoms with Crippen LogP contribution in [-0.2, 0) is 0 Å². The van der Waals surface area contributed by atoms with Gasteiger partial charge in [-0.25, -0.2) is 0 Å². The highest BCUT2D eigenvalue weighted by Gasteiger charge is 2.22. The van der Waals surface area contributed by atoms with Gasteiger partial charge >= 0.3 is 0 Å². The molecule has 0 saturated heterocycles. The summed E-state index contributed by atoms with van der Waals surface area (Å²) in [6.45, 7) is 7.02. The monoisotopic (exact) mass is 168 g/mol. The molecule has 1 aliphatic carbocycles. The number of rotatable bonds is 4. The van der Waals surface area contributed by atoms with E-state index in [-0.39, 0.29) is 0 Å². The maximum absolute atomic E-state index is 2.34. The van der Waals surface area contributed by atoms with Gasteiger partial charge in [-0.05, 0) is 24.2 Å². The summed E-state index contributed by atoms with van der Waals surface area (Å²) in [5, 5.41) is 0. The Balaban J connectivity index is 2.11. The van der Waals surface area contributed by atoms with Crippen LogP contribution in [0.1, 0.15) is 59.3 Å². The molecule has 0 heteroatoms. The fourth-order valence-corrected chi connectivity index (χ4v) is 2.38. The van der Waals surface area contributed by atoms with Crippen LogP contribution >= 0.6 is 0 Å². The summed E-state index contributed by atoms with van der Waals surface area (Å²) in [5.41, 5.74) is 0. The fraction of sp³-hybridized carbons (Fsp3) is 1.00. The molecule has 1 rings (SSSR count). The van der Waals surface area contributed by atoms with E-state index >= 15 is 0 Å². The van der Waals surface area contributed by atoms with E-state index in [4.69, 9.17) is 0 Å². The first kappa shape index (κ1) is 10.1. The van der Waals surface area contributed by atoms with Crippen LogP contribution in [0.3, 0.4) is 0 Å². The van der Waals surface area contributed by atoms with Gasteiger partial charge in [0.15, 0.2) is 0 Å². The molecule has 72 valence electrons. The molecule has 0 amide bonds. The molecule has 0 aromatic heterocycles. The minimum absolute atomic E-state index is 0.908. The van der Waals surface area contributed by atoms with Crippen molar-refractivity contribution in [2.45, 2.75) is 59.3 Å². The second-order valence-electron chi connectivity index (χ2n) is 4.92. The van der Waals surface area contributed by atoms with E-state index < -0.39 is 0 Å². The predicted octanol–water partition coefficient (Wildman–Crippen LogP) is 4.25. The molecule has 1 aliphatic rings. The van der Waals surface area contributed by atoms with Gasteiger partial charge in [-0.15, -0.1) is 0 Å². The quantitative estimate of drug-likeness (QED) is 0.588. The summed E-state index contributed by atoms with van der Waals surface area (Å²) in [6.07, 6.45) is 8.92. The van der Waals surface area contributed by atoms with Crippen molar-refractivity contribution < 1.29 is 0 Å². The molecule has 0 N–H and O–H groups in total. The minimum atomic E-state index is 0.908. The molecular weight excluding hydrogens is 144 g/mol. The third kappa shape index (κ3) is 3.16. The second kappa shape index (κ2) is 4.89. The molecule has 0 radical (unpaired) electrons. The third-order valence-corrected chi connectivity index (χ3v) is 3.38. The van der Waals surface area contributed by atoms with Gasteiger partial charge < -0.3 is 0 Å². The number of hydrogen-bond donors (Lipinski definition) is 0. The van der Waals surface area contributed by atoms with Crippen LogP contribution in [0.2, 0.25) is 0 Å². The van der Waals surface area contributed by atoms with Crippen LogP contribution in [-0.4, -0.2) is 0 Å². The lowest BCUT2D eigenvalue weighted by Gasteiger charge is -2.11.